The quantitative estimate of drug-likeness (QED) is 0.536. The number of hydrogen-bond donors (Lipinski definition) is 1. The zero-order valence-corrected chi connectivity index (χ0v) is 22.7. The largest absolute Gasteiger partial charge is 0.321 e. The van der Waals surface area contributed by atoms with Crippen molar-refractivity contribution in [2.75, 3.05) is 33.2 Å². The molecule has 11 heteroatoms. The van der Waals surface area contributed by atoms with Gasteiger partial charge in [0.1, 0.15) is 11.6 Å². The highest BCUT2D eigenvalue weighted by Crippen LogP contribution is 2.40. The Balaban J connectivity index is 1.25. The van der Waals surface area contributed by atoms with Crippen LogP contribution in [0.25, 0.3) is 5.65 Å². The zero-order valence-electron chi connectivity index (χ0n) is 22.7. The molecule has 2 aromatic heterocycles. The molecule has 3 aromatic rings. The molecule has 212 valence electrons. The maximum absolute atomic E-state index is 14.9. The van der Waals surface area contributed by atoms with Crippen molar-refractivity contribution in [3.05, 3.63) is 75.8 Å². The van der Waals surface area contributed by atoms with Gasteiger partial charge in [-0.05, 0) is 63.1 Å². The summed E-state index contributed by atoms with van der Waals surface area (Å²) in [7, 11) is 1.86. The normalized spacial score (nSPS) is 23.3. The molecule has 1 saturated carbocycles. The lowest BCUT2D eigenvalue weighted by molar-refractivity contribution is -0.00248. The first-order valence-electron chi connectivity index (χ1n) is 14.1. The van der Waals surface area contributed by atoms with Crippen LogP contribution in [0.3, 0.4) is 0 Å². The second-order valence-corrected chi connectivity index (χ2v) is 11.3. The molecule has 1 N–H and O–H groups in total. The summed E-state index contributed by atoms with van der Waals surface area (Å²) in [5.74, 6) is -1.01. The molecule has 0 radical (unpaired) electrons. The van der Waals surface area contributed by atoms with Crippen LogP contribution in [0.1, 0.15) is 55.7 Å². The number of halogens is 2. The number of nitrogens with one attached hydrogen (secondary N) is 1. The van der Waals surface area contributed by atoms with Gasteiger partial charge < -0.3 is 15.1 Å². The third-order valence-electron chi connectivity index (χ3n) is 9.09. The van der Waals surface area contributed by atoms with Gasteiger partial charge in [0.2, 0.25) is 0 Å². The number of rotatable bonds is 4. The van der Waals surface area contributed by atoms with E-state index in [1.54, 1.807) is 29.4 Å². The van der Waals surface area contributed by atoms with Crippen molar-refractivity contribution in [2.24, 2.45) is 0 Å². The van der Waals surface area contributed by atoms with E-state index in [1.807, 2.05) is 11.9 Å². The lowest BCUT2D eigenvalue weighted by Crippen LogP contribution is -2.64. The second-order valence-electron chi connectivity index (χ2n) is 11.3. The Hall–Kier alpha value is -3.44. The number of piperidine rings is 1. The number of urea groups is 1. The number of fused-ring (bicyclic) bond motifs is 1. The first kappa shape index (κ1) is 26.8. The van der Waals surface area contributed by atoms with Crippen LogP contribution < -0.4 is 10.9 Å². The molecule has 4 heterocycles. The fourth-order valence-corrected chi connectivity index (χ4v) is 6.90. The van der Waals surface area contributed by atoms with E-state index in [2.05, 4.69) is 20.3 Å². The second kappa shape index (κ2) is 10.9. The predicted octanol–water partition coefficient (Wildman–Crippen LogP) is 3.34. The van der Waals surface area contributed by atoms with Crippen molar-refractivity contribution < 1.29 is 13.6 Å². The summed E-state index contributed by atoms with van der Waals surface area (Å²) in [4.78, 5) is 37.6. The summed E-state index contributed by atoms with van der Waals surface area (Å²) in [6, 6.07) is 6.40. The number of carbonyl (C=O) groups excluding carboxylic acids is 1. The van der Waals surface area contributed by atoms with E-state index in [0.29, 0.717) is 50.4 Å². The van der Waals surface area contributed by atoms with Gasteiger partial charge in [0.05, 0.1) is 11.6 Å². The highest BCUT2D eigenvalue weighted by molar-refractivity contribution is 5.75. The van der Waals surface area contributed by atoms with Crippen LogP contribution >= 0.6 is 0 Å². The predicted molar refractivity (Wildman–Crippen MR) is 146 cm³/mol. The highest BCUT2D eigenvalue weighted by Gasteiger charge is 2.46. The molecular formula is C29H35F2N7O2. The van der Waals surface area contributed by atoms with E-state index in [9.17, 15) is 18.4 Å². The molecule has 0 bridgehead atoms. The standard InChI is InChI=1S/C29H35F2N7O2/c1-32-22-8-12-37(25(16-22)23-15-21(30)6-7-24(23)31)28(40)35-13-14-36(29(19-35)9-2-3-10-29)18-20-17-33-26-5-4-11-34-38(26)27(20)39/h4-7,11,15,17,22,25,32H,2-3,8-10,12-14,16,18-19H2,1H3/t22-,25+/m1/s1. The van der Waals surface area contributed by atoms with E-state index in [4.69, 9.17) is 0 Å². The molecule has 3 aliphatic rings. The minimum absolute atomic E-state index is 0.110. The number of hydrogen-bond acceptors (Lipinski definition) is 6. The molecule has 2 atom stereocenters. The Bertz CT molecular complexity index is 1460. The van der Waals surface area contributed by atoms with Crippen molar-refractivity contribution in [3.8, 4) is 0 Å². The van der Waals surface area contributed by atoms with Crippen LogP contribution in [-0.2, 0) is 6.54 Å². The number of nitrogens with zero attached hydrogens (tertiary/aromatic N) is 6. The summed E-state index contributed by atoms with van der Waals surface area (Å²) in [5, 5.41) is 7.43. The number of benzene rings is 1. The van der Waals surface area contributed by atoms with E-state index in [1.165, 1.54) is 10.6 Å². The van der Waals surface area contributed by atoms with Crippen molar-refractivity contribution >= 4 is 11.7 Å². The number of aromatic nitrogens is 3. The van der Waals surface area contributed by atoms with Gasteiger partial charge in [-0.15, -0.1) is 0 Å². The number of carbonyl (C=O) groups is 1. The maximum Gasteiger partial charge on any atom is 0.320 e. The smallest absolute Gasteiger partial charge is 0.320 e. The van der Waals surface area contributed by atoms with Gasteiger partial charge in [-0.25, -0.2) is 18.6 Å². The lowest BCUT2D eigenvalue weighted by atomic mass is 9.90. The van der Waals surface area contributed by atoms with Gasteiger partial charge in [-0.3, -0.25) is 9.69 Å². The SMILES string of the molecule is CN[C@@H]1CCN(C(=O)N2CCN(Cc3cnc4cccnn4c3=O)C3(CCCC3)C2)[C@H](c2cc(F)ccc2F)C1. The van der Waals surface area contributed by atoms with E-state index >= 15 is 0 Å². The fraction of sp³-hybridized carbons (Fsp3) is 0.517. The van der Waals surface area contributed by atoms with E-state index in [-0.39, 0.29) is 28.7 Å². The molecule has 6 rings (SSSR count). The molecule has 1 spiro atoms. The minimum Gasteiger partial charge on any atom is -0.321 e. The van der Waals surface area contributed by atoms with Gasteiger partial charge in [0.25, 0.3) is 5.56 Å². The highest BCUT2D eigenvalue weighted by atomic mass is 19.1. The molecule has 1 aromatic carbocycles. The Labute approximate surface area is 231 Å². The Morgan fingerprint density at radius 2 is 1.98 bits per heavy atom. The van der Waals surface area contributed by atoms with Gasteiger partial charge in [0.15, 0.2) is 5.65 Å². The Morgan fingerprint density at radius 1 is 1.15 bits per heavy atom. The maximum atomic E-state index is 14.9. The third kappa shape index (κ3) is 4.85. The summed E-state index contributed by atoms with van der Waals surface area (Å²) in [6.45, 7) is 2.55. The number of likely N-dealkylation sites (tertiary alicyclic amines) is 1. The summed E-state index contributed by atoms with van der Waals surface area (Å²) in [6.07, 6.45) is 8.45. The molecule has 9 nitrogen and oxygen atoms in total. The van der Waals surface area contributed by atoms with Gasteiger partial charge in [-0.1, -0.05) is 12.8 Å². The topological polar surface area (TPSA) is 86.1 Å². The minimum atomic E-state index is -0.553. The van der Waals surface area contributed by atoms with Crippen molar-refractivity contribution in [1.29, 1.82) is 0 Å². The lowest BCUT2D eigenvalue weighted by Gasteiger charge is -2.51. The van der Waals surface area contributed by atoms with Gasteiger partial charge in [0, 0.05) is 62.3 Å². The molecule has 3 fully saturated rings. The number of amides is 2. The first-order chi connectivity index (χ1) is 19.4. The van der Waals surface area contributed by atoms with Crippen LogP contribution in [0.15, 0.2) is 47.5 Å². The molecule has 2 amide bonds. The van der Waals surface area contributed by atoms with Crippen LogP contribution in [0.4, 0.5) is 13.6 Å². The molecule has 2 saturated heterocycles. The summed E-state index contributed by atoms with van der Waals surface area (Å²) in [5.41, 5.74) is 0.893. The van der Waals surface area contributed by atoms with Gasteiger partial charge >= 0.3 is 6.03 Å². The fourth-order valence-electron chi connectivity index (χ4n) is 6.90. The van der Waals surface area contributed by atoms with Crippen molar-refractivity contribution in [1.82, 2.24) is 34.6 Å². The Morgan fingerprint density at radius 3 is 2.77 bits per heavy atom. The monoisotopic (exact) mass is 551 g/mol. The number of piperazine rings is 1. The summed E-state index contributed by atoms with van der Waals surface area (Å²) < 4.78 is 30.4. The average molecular weight is 552 g/mol. The van der Waals surface area contributed by atoms with Crippen molar-refractivity contribution in [3.63, 3.8) is 0 Å². The first-order valence-corrected chi connectivity index (χ1v) is 14.1. The Kier molecular flexibility index (Phi) is 7.26. The molecular weight excluding hydrogens is 516 g/mol. The molecule has 40 heavy (non-hydrogen) atoms. The summed E-state index contributed by atoms with van der Waals surface area (Å²) >= 11 is 0. The van der Waals surface area contributed by atoms with Crippen molar-refractivity contribution in [2.45, 2.75) is 62.7 Å². The average Bonchev–Trinajstić information content (AvgIpc) is 3.44. The van der Waals surface area contributed by atoms with Gasteiger partial charge in [-0.2, -0.15) is 9.61 Å². The zero-order chi connectivity index (χ0) is 27.9. The van der Waals surface area contributed by atoms with Crippen LogP contribution in [0, 0.1) is 11.6 Å². The van der Waals surface area contributed by atoms with Crippen LogP contribution in [0.2, 0.25) is 0 Å². The van der Waals surface area contributed by atoms with Crippen LogP contribution in [-0.4, -0.2) is 80.1 Å². The molecule has 2 aliphatic heterocycles. The third-order valence-corrected chi connectivity index (χ3v) is 9.09. The van der Waals surface area contributed by atoms with Crippen LogP contribution in [0.5, 0.6) is 0 Å². The molecule has 1 aliphatic carbocycles. The molecule has 0 unspecified atom stereocenters. The van der Waals surface area contributed by atoms with E-state index in [0.717, 1.165) is 44.2 Å². The van der Waals surface area contributed by atoms with E-state index < -0.39 is 17.7 Å².